The van der Waals surface area contributed by atoms with Crippen molar-refractivity contribution in [3.63, 3.8) is 0 Å². The Morgan fingerprint density at radius 2 is 1.72 bits per heavy atom. The van der Waals surface area contributed by atoms with Crippen LogP contribution in [0.5, 0.6) is 0 Å². The maximum atomic E-state index is 13.2. The average Bonchev–Trinajstić information content (AvgIpc) is 2.35. The fourth-order valence-corrected chi connectivity index (χ4v) is 1.83. The molecule has 0 aromatic heterocycles. The van der Waals surface area contributed by atoms with Crippen molar-refractivity contribution in [2.45, 2.75) is 6.42 Å². The molecule has 2 aromatic carbocycles. The molecular weight excluding hydrogens is 258 g/mol. The summed E-state index contributed by atoms with van der Waals surface area (Å²) < 4.78 is 25.9. The molecule has 1 nitrogen and oxygen atoms in total. The van der Waals surface area contributed by atoms with Crippen LogP contribution in [0.25, 0.3) is 0 Å². The molecule has 0 aliphatic carbocycles. The van der Waals surface area contributed by atoms with E-state index >= 15 is 0 Å². The van der Waals surface area contributed by atoms with Crippen molar-refractivity contribution >= 4 is 17.4 Å². The van der Waals surface area contributed by atoms with Gasteiger partial charge in [-0.2, -0.15) is 0 Å². The Morgan fingerprint density at radius 3 is 2.39 bits per heavy atom. The average molecular weight is 267 g/mol. The van der Waals surface area contributed by atoms with Gasteiger partial charge in [0.05, 0.1) is 5.02 Å². The number of benzene rings is 2. The van der Waals surface area contributed by atoms with Gasteiger partial charge in [-0.3, -0.25) is 4.79 Å². The molecule has 2 aromatic rings. The van der Waals surface area contributed by atoms with Gasteiger partial charge in [0, 0.05) is 12.0 Å². The zero-order valence-electron chi connectivity index (χ0n) is 9.29. The van der Waals surface area contributed by atoms with Crippen LogP contribution in [0.1, 0.15) is 15.9 Å². The van der Waals surface area contributed by atoms with Crippen LogP contribution in [0.2, 0.25) is 5.02 Å². The zero-order chi connectivity index (χ0) is 13.1. The fraction of sp³-hybridized carbons (Fsp3) is 0.0714. The van der Waals surface area contributed by atoms with Crippen LogP contribution in [0, 0.1) is 11.6 Å². The fourth-order valence-electron chi connectivity index (χ4n) is 1.60. The quantitative estimate of drug-likeness (QED) is 0.766. The molecule has 0 unspecified atom stereocenters. The van der Waals surface area contributed by atoms with Gasteiger partial charge in [-0.05, 0) is 29.8 Å². The van der Waals surface area contributed by atoms with E-state index in [1.54, 1.807) is 0 Å². The van der Waals surface area contributed by atoms with Crippen molar-refractivity contribution in [2.75, 3.05) is 0 Å². The number of halogens is 3. The maximum Gasteiger partial charge on any atom is 0.168 e. The number of ketones is 1. The number of hydrogen-bond donors (Lipinski definition) is 0. The molecule has 0 spiro atoms. The van der Waals surface area contributed by atoms with Crippen molar-refractivity contribution in [1.29, 1.82) is 0 Å². The smallest absolute Gasteiger partial charge is 0.168 e. The van der Waals surface area contributed by atoms with Gasteiger partial charge >= 0.3 is 0 Å². The van der Waals surface area contributed by atoms with E-state index in [4.69, 9.17) is 11.6 Å². The van der Waals surface area contributed by atoms with E-state index < -0.39 is 5.82 Å². The summed E-state index contributed by atoms with van der Waals surface area (Å²) in [5, 5.41) is -0.176. The molecule has 18 heavy (non-hydrogen) atoms. The molecule has 0 bridgehead atoms. The second-order valence-electron chi connectivity index (χ2n) is 3.83. The number of rotatable bonds is 3. The highest BCUT2D eigenvalue weighted by atomic mass is 35.5. The molecule has 0 heterocycles. The Balaban J connectivity index is 2.22. The van der Waals surface area contributed by atoms with E-state index in [0.717, 1.165) is 0 Å². The summed E-state index contributed by atoms with van der Waals surface area (Å²) in [5.41, 5.74) is 0.794. The number of hydrogen-bond acceptors (Lipinski definition) is 1. The third-order valence-electron chi connectivity index (χ3n) is 2.53. The van der Waals surface area contributed by atoms with Crippen LogP contribution in [0.4, 0.5) is 8.78 Å². The Bertz CT molecular complexity index is 579. The Labute approximate surface area is 108 Å². The first-order chi connectivity index (χ1) is 8.58. The minimum Gasteiger partial charge on any atom is -0.294 e. The minimum atomic E-state index is -0.623. The molecule has 0 radical (unpaired) electrons. The monoisotopic (exact) mass is 266 g/mol. The van der Waals surface area contributed by atoms with Crippen LogP contribution in [0.15, 0.2) is 42.5 Å². The standard InChI is InChI=1S/C14H9ClF2O/c15-14-11(2-1-3-12(14)17)13(18)8-9-4-6-10(16)7-5-9/h1-7H,8H2. The van der Waals surface area contributed by atoms with Crippen molar-refractivity contribution in [3.8, 4) is 0 Å². The SMILES string of the molecule is O=C(Cc1ccc(F)cc1)c1cccc(F)c1Cl. The molecule has 92 valence electrons. The first kappa shape index (κ1) is 12.7. The predicted octanol–water partition coefficient (Wildman–Crippen LogP) is 4.04. The third kappa shape index (κ3) is 2.74. The minimum absolute atomic E-state index is 0.0590. The molecule has 4 heteroatoms. The van der Waals surface area contributed by atoms with Gasteiger partial charge in [-0.15, -0.1) is 0 Å². The highest BCUT2D eigenvalue weighted by Gasteiger charge is 2.13. The van der Waals surface area contributed by atoms with Crippen LogP contribution in [-0.2, 0) is 6.42 Å². The normalized spacial score (nSPS) is 10.4. The summed E-state index contributed by atoms with van der Waals surface area (Å²) >= 11 is 5.72. The third-order valence-corrected chi connectivity index (χ3v) is 2.91. The predicted molar refractivity (Wildman–Crippen MR) is 65.8 cm³/mol. The topological polar surface area (TPSA) is 17.1 Å². The molecule has 0 amide bonds. The summed E-state index contributed by atoms with van der Waals surface area (Å²) in [6, 6.07) is 9.67. The lowest BCUT2D eigenvalue weighted by atomic mass is 10.0. The highest BCUT2D eigenvalue weighted by molar-refractivity contribution is 6.34. The van der Waals surface area contributed by atoms with E-state index in [2.05, 4.69) is 0 Å². The molecular formula is C14H9ClF2O. The van der Waals surface area contributed by atoms with Crippen molar-refractivity contribution < 1.29 is 13.6 Å². The van der Waals surface area contributed by atoms with E-state index in [1.807, 2.05) is 0 Å². The molecule has 0 saturated carbocycles. The molecule has 0 aliphatic heterocycles. The first-order valence-electron chi connectivity index (χ1n) is 5.29. The van der Waals surface area contributed by atoms with Gasteiger partial charge in [0.15, 0.2) is 5.78 Å². The summed E-state index contributed by atoms with van der Waals surface area (Å²) in [6.45, 7) is 0. The zero-order valence-corrected chi connectivity index (χ0v) is 10.0. The lowest BCUT2D eigenvalue weighted by molar-refractivity contribution is 0.0992. The number of Topliss-reactive ketones (excluding diaryl/α,β-unsaturated/α-hetero) is 1. The summed E-state index contributed by atoms with van der Waals surface area (Å²) in [6.07, 6.45) is 0.0590. The second kappa shape index (κ2) is 5.27. The Kier molecular flexibility index (Phi) is 3.72. The van der Waals surface area contributed by atoms with Crippen molar-refractivity contribution in [2.24, 2.45) is 0 Å². The van der Waals surface area contributed by atoms with E-state index in [0.29, 0.717) is 5.56 Å². The number of carbonyl (C=O) groups excluding carboxylic acids is 1. The highest BCUT2D eigenvalue weighted by Crippen LogP contribution is 2.21. The molecule has 2 rings (SSSR count). The van der Waals surface area contributed by atoms with E-state index in [-0.39, 0.29) is 28.6 Å². The lowest BCUT2D eigenvalue weighted by Crippen LogP contribution is -2.05. The van der Waals surface area contributed by atoms with Crippen LogP contribution in [-0.4, -0.2) is 5.78 Å². The largest absolute Gasteiger partial charge is 0.294 e. The molecule has 0 fully saturated rings. The lowest BCUT2D eigenvalue weighted by Gasteiger charge is -2.04. The summed E-state index contributed by atoms with van der Waals surface area (Å²) in [5.74, 6) is -1.29. The van der Waals surface area contributed by atoms with Crippen LogP contribution in [0.3, 0.4) is 0 Å². The van der Waals surface area contributed by atoms with Crippen molar-refractivity contribution in [3.05, 3.63) is 70.2 Å². The summed E-state index contributed by atoms with van der Waals surface area (Å²) in [7, 11) is 0. The van der Waals surface area contributed by atoms with Crippen LogP contribution >= 0.6 is 11.6 Å². The van der Waals surface area contributed by atoms with Gasteiger partial charge in [0.2, 0.25) is 0 Å². The molecule has 0 aliphatic rings. The van der Waals surface area contributed by atoms with Gasteiger partial charge < -0.3 is 0 Å². The number of carbonyl (C=O) groups is 1. The Hall–Kier alpha value is -1.74. The van der Waals surface area contributed by atoms with E-state index in [9.17, 15) is 13.6 Å². The summed E-state index contributed by atoms with van der Waals surface area (Å²) in [4.78, 5) is 11.9. The molecule has 0 N–H and O–H groups in total. The van der Waals surface area contributed by atoms with Gasteiger partial charge in [-0.25, -0.2) is 8.78 Å². The maximum absolute atomic E-state index is 13.2. The molecule has 0 saturated heterocycles. The van der Waals surface area contributed by atoms with Gasteiger partial charge in [-0.1, -0.05) is 29.8 Å². The first-order valence-corrected chi connectivity index (χ1v) is 5.67. The van der Waals surface area contributed by atoms with Crippen LogP contribution < -0.4 is 0 Å². The van der Waals surface area contributed by atoms with E-state index in [1.165, 1.54) is 42.5 Å². The van der Waals surface area contributed by atoms with Gasteiger partial charge in [0.1, 0.15) is 11.6 Å². The second-order valence-corrected chi connectivity index (χ2v) is 4.21. The Morgan fingerprint density at radius 1 is 1.06 bits per heavy atom. The molecule has 0 atom stereocenters. The van der Waals surface area contributed by atoms with Crippen molar-refractivity contribution in [1.82, 2.24) is 0 Å². The van der Waals surface area contributed by atoms with Gasteiger partial charge in [0.25, 0.3) is 0 Å².